The molecule has 3 aromatic rings. The molecule has 1 aliphatic carbocycles. The van der Waals surface area contributed by atoms with Crippen molar-refractivity contribution in [3.05, 3.63) is 89.0 Å². The van der Waals surface area contributed by atoms with Crippen LogP contribution in [-0.4, -0.2) is 25.9 Å². The number of amides is 1. The van der Waals surface area contributed by atoms with Crippen molar-refractivity contribution in [3.8, 4) is 11.5 Å². The first-order chi connectivity index (χ1) is 15.5. The molecule has 0 saturated heterocycles. The van der Waals surface area contributed by atoms with Crippen molar-refractivity contribution in [2.24, 2.45) is 0 Å². The van der Waals surface area contributed by atoms with E-state index in [9.17, 15) is 9.59 Å². The molecule has 0 saturated carbocycles. The van der Waals surface area contributed by atoms with E-state index < -0.39 is 0 Å². The Kier molecular flexibility index (Phi) is 4.97. The number of rotatable bonds is 4. The van der Waals surface area contributed by atoms with Crippen LogP contribution in [0.2, 0.25) is 0 Å². The van der Waals surface area contributed by atoms with Crippen LogP contribution in [0.15, 0.2) is 66.7 Å². The van der Waals surface area contributed by atoms with Crippen LogP contribution in [-0.2, 0) is 4.79 Å². The van der Waals surface area contributed by atoms with Crippen LogP contribution in [0.25, 0.3) is 0 Å². The van der Waals surface area contributed by atoms with Gasteiger partial charge in [-0.3, -0.25) is 9.59 Å². The van der Waals surface area contributed by atoms with E-state index in [0.29, 0.717) is 23.5 Å². The number of hydrogen-bond donors (Lipinski definition) is 0. The summed E-state index contributed by atoms with van der Waals surface area (Å²) in [6.45, 7) is 1.60. The maximum atomic E-state index is 13.9. The zero-order valence-electron chi connectivity index (χ0n) is 18.4. The van der Waals surface area contributed by atoms with Crippen LogP contribution >= 0.6 is 0 Å². The van der Waals surface area contributed by atoms with E-state index in [0.717, 1.165) is 22.4 Å². The van der Waals surface area contributed by atoms with Crippen molar-refractivity contribution >= 4 is 17.4 Å². The van der Waals surface area contributed by atoms with E-state index in [1.54, 1.807) is 21.1 Å². The summed E-state index contributed by atoms with van der Waals surface area (Å²) in [5.74, 6) is 0.824. The largest absolute Gasteiger partial charge is 0.493 e. The highest BCUT2D eigenvalue weighted by Crippen LogP contribution is 2.57. The first-order valence-electron chi connectivity index (χ1n) is 10.8. The maximum absolute atomic E-state index is 13.9. The van der Waals surface area contributed by atoms with Gasteiger partial charge < -0.3 is 14.4 Å². The number of hydrogen-bond acceptors (Lipinski definition) is 4. The van der Waals surface area contributed by atoms with Gasteiger partial charge >= 0.3 is 0 Å². The lowest BCUT2D eigenvalue weighted by Crippen LogP contribution is -2.43. The fourth-order valence-electron chi connectivity index (χ4n) is 5.42. The van der Waals surface area contributed by atoms with Crippen molar-refractivity contribution in [1.82, 2.24) is 0 Å². The van der Waals surface area contributed by atoms with Gasteiger partial charge in [-0.25, -0.2) is 0 Å². The molecule has 0 unspecified atom stereocenters. The first-order valence-corrected chi connectivity index (χ1v) is 10.8. The maximum Gasteiger partial charge on any atom is 0.224 e. The molecule has 3 atom stereocenters. The number of anilines is 1. The van der Waals surface area contributed by atoms with E-state index >= 15 is 0 Å². The second kappa shape index (κ2) is 7.83. The summed E-state index contributed by atoms with van der Waals surface area (Å²) in [5, 5.41) is 0. The van der Waals surface area contributed by atoms with E-state index in [-0.39, 0.29) is 29.6 Å². The summed E-state index contributed by atoms with van der Waals surface area (Å²) in [6.07, 6.45) is 0.683. The second-order valence-electron chi connectivity index (χ2n) is 8.35. The summed E-state index contributed by atoms with van der Waals surface area (Å²) in [4.78, 5) is 28.5. The van der Waals surface area contributed by atoms with Crippen molar-refractivity contribution < 1.29 is 19.1 Å². The summed E-state index contributed by atoms with van der Waals surface area (Å²) < 4.78 is 11.2. The molecule has 1 amide bonds. The first kappa shape index (κ1) is 20.3. The highest BCUT2D eigenvalue weighted by atomic mass is 16.5. The van der Waals surface area contributed by atoms with Gasteiger partial charge in [0.25, 0.3) is 0 Å². The Labute approximate surface area is 187 Å². The van der Waals surface area contributed by atoms with Crippen LogP contribution in [0.1, 0.15) is 58.3 Å². The smallest absolute Gasteiger partial charge is 0.224 e. The van der Waals surface area contributed by atoms with Crippen molar-refractivity contribution in [1.29, 1.82) is 0 Å². The van der Waals surface area contributed by atoms with Gasteiger partial charge in [0, 0.05) is 24.1 Å². The minimum atomic E-state index is -0.376. The lowest BCUT2D eigenvalue weighted by atomic mass is 9.65. The molecule has 0 radical (unpaired) electrons. The topological polar surface area (TPSA) is 55.8 Å². The molecular weight excluding hydrogens is 402 g/mol. The molecule has 5 heteroatoms. The standard InChI is InChI=1S/C27H25NO4/c1-16(29)28-22-12-8-7-11-18(22)20-13-23(28)19-14-24(31-2)25(32-3)15-21(19)26(20)27(30)17-9-5-4-6-10-17/h4-12,14-15,20,23,26H,13H2,1-3H3/t20-,23-,26-/m0/s1. The average Bonchev–Trinajstić information content (AvgIpc) is 2.83. The lowest BCUT2D eigenvalue weighted by Gasteiger charge is -2.48. The molecule has 1 heterocycles. The molecule has 0 spiro atoms. The van der Waals surface area contributed by atoms with Crippen LogP contribution in [0.4, 0.5) is 5.69 Å². The SMILES string of the molecule is COc1cc2c(cc1OC)[C@@H]1C[C@@H](c3ccccc3N1C(C)=O)[C@@H]2C(=O)c1ccccc1. The normalized spacial score (nSPS) is 20.7. The number of carbonyl (C=O) groups excluding carboxylic acids is 2. The van der Waals surface area contributed by atoms with E-state index in [2.05, 4.69) is 0 Å². The molecule has 0 aromatic heterocycles. The molecule has 2 bridgehead atoms. The number of Topliss-reactive ketones (excluding diaryl/α,β-unsaturated/α-hetero) is 1. The Morgan fingerprint density at radius 1 is 0.844 bits per heavy atom. The molecule has 5 rings (SSSR count). The quantitative estimate of drug-likeness (QED) is 0.533. The zero-order chi connectivity index (χ0) is 22.4. The summed E-state index contributed by atoms with van der Waals surface area (Å²) in [5.41, 5.74) is 4.45. The number of nitrogens with zero attached hydrogens (tertiary/aromatic N) is 1. The van der Waals surface area contributed by atoms with Gasteiger partial charge in [-0.05, 0) is 41.3 Å². The van der Waals surface area contributed by atoms with E-state index in [1.165, 1.54) is 0 Å². The molecule has 3 aromatic carbocycles. The number of benzene rings is 3. The summed E-state index contributed by atoms with van der Waals surface area (Å²) in [6, 6.07) is 21.1. The number of para-hydroxylation sites is 1. The van der Waals surface area contributed by atoms with Crippen LogP contribution in [0.3, 0.4) is 0 Å². The van der Waals surface area contributed by atoms with Crippen molar-refractivity contribution in [3.63, 3.8) is 0 Å². The Bertz CT molecular complexity index is 1200. The Hall–Kier alpha value is -3.60. The number of fused-ring (bicyclic) bond motifs is 6. The van der Waals surface area contributed by atoms with Gasteiger partial charge in [-0.2, -0.15) is 0 Å². The Balaban J connectivity index is 1.78. The molecular formula is C27H25NO4. The van der Waals surface area contributed by atoms with Gasteiger partial charge in [-0.15, -0.1) is 0 Å². The average molecular weight is 428 g/mol. The summed E-state index contributed by atoms with van der Waals surface area (Å²) in [7, 11) is 3.19. The Morgan fingerprint density at radius 3 is 2.12 bits per heavy atom. The zero-order valence-corrected chi connectivity index (χ0v) is 18.4. The highest BCUT2D eigenvalue weighted by Gasteiger charge is 2.47. The molecule has 0 fully saturated rings. The van der Waals surface area contributed by atoms with Crippen molar-refractivity contribution in [2.45, 2.75) is 31.2 Å². The molecule has 1 aliphatic heterocycles. The predicted octanol–water partition coefficient (Wildman–Crippen LogP) is 5.27. The lowest BCUT2D eigenvalue weighted by molar-refractivity contribution is -0.117. The van der Waals surface area contributed by atoms with E-state index in [1.807, 2.05) is 71.6 Å². The second-order valence-corrected chi connectivity index (χ2v) is 8.35. The summed E-state index contributed by atoms with van der Waals surface area (Å²) >= 11 is 0. The van der Waals surface area contributed by atoms with Gasteiger partial charge in [0.2, 0.25) is 5.91 Å². The number of ketones is 1. The van der Waals surface area contributed by atoms with E-state index in [4.69, 9.17) is 9.47 Å². The molecule has 5 nitrogen and oxygen atoms in total. The number of ether oxygens (including phenoxy) is 2. The van der Waals surface area contributed by atoms with Gasteiger partial charge in [0.15, 0.2) is 17.3 Å². The third kappa shape index (κ3) is 3.00. The molecule has 0 N–H and O–H groups in total. The molecule has 2 aliphatic rings. The fraction of sp³-hybridized carbons (Fsp3) is 0.259. The molecule has 162 valence electrons. The highest BCUT2D eigenvalue weighted by molar-refractivity contribution is 6.03. The van der Waals surface area contributed by atoms with Crippen LogP contribution in [0, 0.1) is 0 Å². The molecule has 32 heavy (non-hydrogen) atoms. The van der Waals surface area contributed by atoms with Gasteiger partial charge in [-0.1, -0.05) is 48.5 Å². The monoisotopic (exact) mass is 427 g/mol. The number of methoxy groups -OCH3 is 2. The minimum absolute atomic E-state index is 0.0190. The van der Waals surface area contributed by atoms with Crippen LogP contribution < -0.4 is 14.4 Å². The third-order valence-corrected chi connectivity index (χ3v) is 6.75. The van der Waals surface area contributed by atoms with Crippen LogP contribution in [0.5, 0.6) is 11.5 Å². The van der Waals surface area contributed by atoms with Gasteiger partial charge in [0.1, 0.15) is 0 Å². The van der Waals surface area contributed by atoms with Crippen molar-refractivity contribution in [2.75, 3.05) is 19.1 Å². The number of carbonyl (C=O) groups is 2. The third-order valence-electron chi connectivity index (χ3n) is 6.75. The fourth-order valence-corrected chi connectivity index (χ4v) is 5.42. The minimum Gasteiger partial charge on any atom is -0.493 e. The predicted molar refractivity (Wildman–Crippen MR) is 123 cm³/mol. The van der Waals surface area contributed by atoms with Gasteiger partial charge in [0.05, 0.1) is 26.2 Å². The Morgan fingerprint density at radius 2 is 1.47 bits per heavy atom.